The first-order valence-electron chi connectivity index (χ1n) is 10.3. The van der Waals surface area contributed by atoms with Crippen LogP contribution in [0, 0.1) is 17.8 Å². The van der Waals surface area contributed by atoms with Crippen LogP contribution in [0.15, 0.2) is 113 Å². The highest BCUT2D eigenvalue weighted by atomic mass is 16.3. The molecule has 1 aliphatic heterocycles. The summed E-state index contributed by atoms with van der Waals surface area (Å²) in [6.07, 6.45) is 15.8. The van der Waals surface area contributed by atoms with E-state index in [-0.39, 0.29) is 11.8 Å². The Morgan fingerprint density at radius 2 is 1.87 bits per heavy atom. The smallest absolute Gasteiger partial charge is 0.166 e. The van der Waals surface area contributed by atoms with E-state index in [2.05, 4.69) is 39.3 Å². The molecule has 3 atom stereocenters. The molecule has 0 radical (unpaired) electrons. The van der Waals surface area contributed by atoms with Crippen LogP contribution < -0.4 is 0 Å². The topological polar surface area (TPSA) is 45.5 Å². The van der Waals surface area contributed by atoms with Crippen LogP contribution >= 0.6 is 0 Å². The summed E-state index contributed by atoms with van der Waals surface area (Å²) < 4.78 is 0. The van der Waals surface area contributed by atoms with Crippen molar-refractivity contribution in [2.24, 2.45) is 10.9 Å². The minimum Gasteiger partial charge on any atom is -0.372 e. The minimum atomic E-state index is -1.48. The normalized spacial score (nSPS) is 20.5. The van der Waals surface area contributed by atoms with Crippen molar-refractivity contribution in [1.82, 2.24) is 4.98 Å². The van der Waals surface area contributed by atoms with Crippen molar-refractivity contribution >= 4 is 11.9 Å². The molecule has 0 spiro atoms. The Kier molecular flexibility index (Phi) is 4.97. The van der Waals surface area contributed by atoms with Crippen LogP contribution in [0.3, 0.4) is 0 Å². The van der Waals surface area contributed by atoms with E-state index in [0.29, 0.717) is 17.7 Å². The van der Waals surface area contributed by atoms with Gasteiger partial charge in [-0.15, -0.1) is 11.5 Å². The molecule has 1 N–H and O–H groups in total. The second kappa shape index (κ2) is 8.07. The van der Waals surface area contributed by atoms with E-state index in [4.69, 9.17) is 0 Å². The highest BCUT2D eigenvalue weighted by Gasteiger charge is 2.46. The number of aromatic nitrogens is 1. The summed E-state index contributed by atoms with van der Waals surface area (Å²) in [5, 5.41) is 12.2. The summed E-state index contributed by atoms with van der Waals surface area (Å²) in [6.45, 7) is 0. The predicted octanol–water partition coefficient (Wildman–Crippen LogP) is 4.97. The van der Waals surface area contributed by atoms with Gasteiger partial charge in [0.25, 0.3) is 0 Å². The van der Waals surface area contributed by atoms with Gasteiger partial charge in [0, 0.05) is 35.4 Å². The van der Waals surface area contributed by atoms with Crippen LogP contribution in [-0.4, -0.2) is 21.9 Å². The lowest BCUT2D eigenvalue weighted by Crippen LogP contribution is -2.42. The van der Waals surface area contributed by atoms with E-state index in [9.17, 15) is 5.11 Å². The van der Waals surface area contributed by atoms with Crippen molar-refractivity contribution < 1.29 is 5.11 Å². The van der Waals surface area contributed by atoms with Crippen molar-refractivity contribution in [3.05, 3.63) is 119 Å². The molecule has 1 aromatic carbocycles. The summed E-state index contributed by atoms with van der Waals surface area (Å²) in [5.74, 6) is 5.91. The van der Waals surface area contributed by atoms with E-state index in [1.165, 1.54) is 0 Å². The molecular weight excluding hydrogens is 380 g/mol. The van der Waals surface area contributed by atoms with Gasteiger partial charge in [0.05, 0.1) is 5.69 Å². The van der Waals surface area contributed by atoms with Crippen molar-refractivity contribution in [1.29, 1.82) is 0 Å². The van der Waals surface area contributed by atoms with E-state index in [1.54, 1.807) is 6.20 Å². The van der Waals surface area contributed by atoms with Crippen molar-refractivity contribution in [3.63, 3.8) is 0 Å². The van der Waals surface area contributed by atoms with E-state index in [0.717, 1.165) is 16.8 Å². The Morgan fingerprint density at radius 1 is 1.03 bits per heavy atom. The summed E-state index contributed by atoms with van der Waals surface area (Å²) in [5.41, 5.74) is 9.27. The molecule has 31 heavy (non-hydrogen) atoms. The molecule has 148 valence electrons. The zero-order chi connectivity index (χ0) is 21.1. The van der Waals surface area contributed by atoms with Crippen LogP contribution in [0.2, 0.25) is 0 Å². The molecule has 1 aromatic heterocycles. The van der Waals surface area contributed by atoms with Gasteiger partial charge in [-0.3, -0.25) is 4.99 Å². The third-order valence-corrected chi connectivity index (χ3v) is 5.79. The zero-order valence-corrected chi connectivity index (χ0v) is 16.9. The first-order chi connectivity index (χ1) is 15.3. The average molecular weight is 400 g/mol. The number of fused-ring (bicyclic) bond motifs is 1. The number of para-hydroxylation sites is 1. The fourth-order valence-electron chi connectivity index (χ4n) is 4.37. The third-order valence-electron chi connectivity index (χ3n) is 5.79. The number of allylic oxidation sites excluding steroid dienone is 3. The summed E-state index contributed by atoms with van der Waals surface area (Å²) in [4.78, 5) is 8.88. The lowest BCUT2D eigenvalue weighted by Gasteiger charge is -2.38. The molecule has 0 saturated carbocycles. The van der Waals surface area contributed by atoms with Crippen LogP contribution in [0.25, 0.3) is 0 Å². The lowest BCUT2D eigenvalue weighted by molar-refractivity contribution is 0.0822. The van der Waals surface area contributed by atoms with Crippen LogP contribution in [-0.2, 0) is 0 Å². The number of aliphatic imine (C=N–C) groups is 1. The SMILES string of the molecule is OC(C#Cc1ccccn1)(C1=C=CC=C1)C(C1=C=CC=C1)[C@H]1CC=Nc2ccccc21. The van der Waals surface area contributed by atoms with Gasteiger partial charge in [-0.05, 0) is 54.3 Å². The molecule has 3 heteroatoms. The van der Waals surface area contributed by atoms with Crippen molar-refractivity contribution in [2.45, 2.75) is 17.9 Å². The van der Waals surface area contributed by atoms with E-state index < -0.39 is 5.60 Å². The van der Waals surface area contributed by atoms with Gasteiger partial charge >= 0.3 is 0 Å². The zero-order valence-electron chi connectivity index (χ0n) is 16.9. The molecule has 0 amide bonds. The monoisotopic (exact) mass is 400 g/mol. The van der Waals surface area contributed by atoms with E-state index in [1.807, 2.05) is 79.1 Å². The van der Waals surface area contributed by atoms with Gasteiger partial charge in [0.15, 0.2) is 5.60 Å². The molecule has 0 saturated heterocycles. The largest absolute Gasteiger partial charge is 0.372 e. The molecule has 3 aliphatic rings. The first-order valence-corrected chi connectivity index (χ1v) is 10.3. The van der Waals surface area contributed by atoms with Gasteiger partial charge in [0.2, 0.25) is 0 Å². The van der Waals surface area contributed by atoms with Gasteiger partial charge in [-0.1, -0.05) is 48.4 Å². The van der Waals surface area contributed by atoms with Gasteiger partial charge in [-0.2, -0.15) is 0 Å². The second-order valence-corrected chi connectivity index (χ2v) is 7.63. The third kappa shape index (κ3) is 3.57. The van der Waals surface area contributed by atoms with Gasteiger partial charge in [-0.25, -0.2) is 4.98 Å². The fourth-order valence-corrected chi connectivity index (χ4v) is 4.37. The Balaban J connectivity index is 1.70. The standard InChI is InChI=1S/C28H20N2O/c31-28(22-11-3-4-12-22,18-16-23-13-7-8-19-29-23)27(21-9-1-2-10-21)25-17-20-30-26-15-6-5-14-24(25)26/h1-9,11,13-15,19-20,25,27,31H,17H2/t25-,27?,28?/m0/s1. The highest BCUT2D eigenvalue weighted by molar-refractivity contribution is 5.71. The average Bonchev–Trinajstić information content (AvgIpc) is 3.54. The number of rotatable bonds is 4. The molecule has 2 aliphatic carbocycles. The molecule has 0 bridgehead atoms. The van der Waals surface area contributed by atoms with Crippen molar-refractivity contribution in [2.75, 3.05) is 0 Å². The maximum Gasteiger partial charge on any atom is 0.166 e. The number of pyridine rings is 1. The number of benzene rings is 1. The van der Waals surface area contributed by atoms with Gasteiger partial charge < -0.3 is 5.11 Å². The predicted molar refractivity (Wildman–Crippen MR) is 123 cm³/mol. The Morgan fingerprint density at radius 3 is 2.65 bits per heavy atom. The van der Waals surface area contributed by atoms with Crippen LogP contribution in [0.5, 0.6) is 0 Å². The number of hydrogen-bond acceptors (Lipinski definition) is 3. The number of hydrogen-bond donors (Lipinski definition) is 1. The fraction of sp³-hybridized carbons (Fsp3) is 0.143. The molecule has 0 fully saturated rings. The lowest BCUT2D eigenvalue weighted by atomic mass is 9.67. The molecule has 3 nitrogen and oxygen atoms in total. The Labute approximate surface area is 181 Å². The number of aliphatic hydroxyl groups is 1. The summed E-state index contributed by atoms with van der Waals surface area (Å²) in [7, 11) is 0. The number of nitrogens with zero attached hydrogens (tertiary/aromatic N) is 2. The highest BCUT2D eigenvalue weighted by Crippen LogP contribution is 2.47. The van der Waals surface area contributed by atoms with Crippen LogP contribution in [0.4, 0.5) is 5.69 Å². The minimum absolute atomic E-state index is 0.0151. The second-order valence-electron chi connectivity index (χ2n) is 7.63. The quantitative estimate of drug-likeness (QED) is 0.582. The molecule has 2 unspecified atom stereocenters. The molecule has 2 heterocycles. The molecule has 5 rings (SSSR count). The molecule has 2 aromatic rings. The maximum atomic E-state index is 12.2. The van der Waals surface area contributed by atoms with Crippen LogP contribution in [0.1, 0.15) is 23.6 Å². The van der Waals surface area contributed by atoms with E-state index >= 15 is 0 Å². The first kappa shape index (κ1) is 19.1. The summed E-state index contributed by atoms with van der Waals surface area (Å²) >= 11 is 0. The van der Waals surface area contributed by atoms with Gasteiger partial charge in [0.1, 0.15) is 5.69 Å². The Bertz CT molecular complexity index is 1300. The Hall–Kier alpha value is -3.92. The molecular formula is C28H20N2O. The maximum absolute atomic E-state index is 12.2. The van der Waals surface area contributed by atoms with Crippen molar-refractivity contribution in [3.8, 4) is 11.8 Å². The summed E-state index contributed by atoms with van der Waals surface area (Å²) in [6, 6.07) is 13.7.